The molecule has 1 aromatic carbocycles. The minimum absolute atomic E-state index is 0.0731. The van der Waals surface area contributed by atoms with Gasteiger partial charge in [0.2, 0.25) is 0 Å². The molecular formula is C16H10N4O3S2. The predicted octanol–water partition coefficient (Wildman–Crippen LogP) is 3.50. The molecule has 9 heteroatoms. The van der Waals surface area contributed by atoms with E-state index in [1.54, 1.807) is 42.4 Å². The van der Waals surface area contributed by atoms with Gasteiger partial charge in [0.25, 0.3) is 11.2 Å². The number of hydrogen-bond donors (Lipinski definition) is 0. The number of hydrogen-bond acceptors (Lipinski definition) is 7. The molecule has 0 fully saturated rings. The number of rotatable bonds is 4. The Morgan fingerprint density at radius 3 is 2.80 bits per heavy atom. The maximum absolute atomic E-state index is 12.1. The van der Waals surface area contributed by atoms with Gasteiger partial charge in [0.15, 0.2) is 4.96 Å². The molecule has 3 aromatic heterocycles. The molecule has 4 aromatic rings. The molecule has 7 nitrogen and oxygen atoms in total. The number of thiazole rings is 1. The zero-order valence-corrected chi connectivity index (χ0v) is 14.3. The molecule has 3 heterocycles. The van der Waals surface area contributed by atoms with Gasteiger partial charge in [-0.1, -0.05) is 0 Å². The molecule has 0 aliphatic rings. The molecule has 0 atom stereocenters. The highest BCUT2D eigenvalue weighted by atomic mass is 32.2. The van der Waals surface area contributed by atoms with E-state index in [1.165, 1.54) is 23.5 Å². The van der Waals surface area contributed by atoms with E-state index in [0.717, 1.165) is 16.1 Å². The van der Waals surface area contributed by atoms with Crippen molar-refractivity contribution in [3.63, 3.8) is 0 Å². The van der Waals surface area contributed by atoms with Crippen LogP contribution in [0.5, 0.6) is 0 Å². The van der Waals surface area contributed by atoms with Gasteiger partial charge in [0.05, 0.1) is 22.0 Å². The second-order valence-corrected chi connectivity index (χ2v) is 7.08. The molecule has 0 radical (unpaired) electrons. The largest absolute Gasteiger partial charge is 0.286 e. The van der Waals surface area contributed by atoms with Crippen LogP contribution in [-0.4, -0.2) is 19.3 Å². The Morgan fingerprint density at radius 1 is 1.24 bits per heavy atom. The summed E-state index contributed by atoms with van der Waals surface area (Å²) in [5, 5.41) is 13.2. The highest BCUT2D eigenvalue weighted by molar-refractivity contribution is 7.98. The van der Waals surface area contributed by atoms with Gasteiger partial charge in [-0.3, -0.25) is 24.3 Å². The van der Waals surface area contributed by atoms with Crippen molar-refractivity contribution in [3.05, 3.63) is 74.3 Å². The van der Waals surface area contributed by atoms with Crippen molar-refractivity contribution >= 4 is 44.6 Å². The van der Waals surface area contributed by atoms with E-state index >= 15 is 0 Å². The van der Waals surface area contributed by atoms with Crippen molar-refractivity contribution in [3.8, 4) is 0 Å². The van der Waals surface area contributed by atoms with Gasteiger partial charge in [0, 0.05) is 40.1 Å². The van der Waals surface area contributed by atoms with Crippen LogP contribution in [0, 0.1) is 10.1 Å². The smallest absolute Gasteiger partial charge is 0.281 e. The molecule has 0 spiro atoms. The second kappa shape index (κ2) is 6.26. The van der Waals surface area contributed by atoms with Crippen LogP contribution in [0.2, 0.25) is 0 Å². The van der Waals surface area contributed by atoms with Crippen LogP contribution in [0.15, 0.2) is 57.8 Å². The Labute approximate surface area is 149 Å². The van der Waals surface area contributed by atoms with Crippen LogP contribution in [0.25, 0.3) is 15.9 Å². The maximum atomic E-state index is 12.1. The third-order valence-corrected chi connectivity index (χ3v) is 5.60. The number of pyridine rings is 1. The van der Waals surface area contributed by atoms with Gasteiger partial charge >= 0.3 is 0 Å². The summed E-state index contributed by atoms with van der Waals surface area (Å²) in [5.74, 6) is 0.645. The number of nitro benzene ring substituents is 1. The summed E-state index contributed by atoms with van der Waals surface area (Å²) in [4.78, 5) is 32.2. The van der Waals surface area contributed by atoms with E-state index in [0.29, 0.717) is 16.1 Å². The van der Waals surface area contributed by atoms with Crippen LogP contribution >= 0.6 is 23.1 Å². The summed E-state index contributed by atoms with van der Waals surface area (Å²) in [6.07, 6.45) is 3.24. The number of non-ortho nitro benzene ring substituents is 1. The van der Waals surface area contributed by atoms with Gasteiger partial charge in [-0.2, -0.15) is 4.98 Å². The molecular weight excluding hydrogens is 360 g/mol. The topological polar surface area (TPSA) is 90.4 Å². The zero-order valence-electron chi connectivity index (χ0n) is 12.7. The molecule has 0 aliphatic heterocycles. The van der Waals surface area contributed by atoms with Crippen molar-refractivity contribution in [2.45, 2.75) is 10.6 Å². The number of aromatic nitrogens is 3. The standard InChI is InChI=1S/C16H10N4O3S2/c21-15-13-5-6-17-7-14(13)19-11(9-25-16(19)18-15)8-24-12-3-1-10(2-4-12)20(22)23/h1-7,9H,8H2. The maximum Gasteiger partial charge on any atom is 0.281 e. The first-order valence-corrected chi connectivity index (χ1v) is 9.10. The van der Waals surface area contributed by atoms with Crippen molar-refractivity contribution < 1.29 is 4.92 Å². The summed E-state index contributed by atoms with van der Waals surface area (Å²) >= 11 is 2.97. The first-order valence-electron chi connectivity index (χ1n) is 7.23. The molecule has 4 rings (SSSR count). The van der Waals surface area contributed by atoms with Crippen LogP contribution in [0.3, 0.4) is 0 Å². The summed E-state index contributed by atoms with van der Waals surface area (Å²) in [5.41, 5.74) is 1.55. The zero-order chi connectivity index (χ0) is 17.4. The van der Waals surface area contributed by atoms with Crippen molar-refractivity contribution in [1.29, 1.82) is 0 Å². The van der Waals surface area contributed by atoms with E-state index < -0.39 is 4.92 Å². The second-order valence-electron chi connectivity index (χ2n) is 5.19. The number of nitro groups is 1. The molecule has 0 saturated carbocycles. The fourth-order valence-corrected chi connectivity index (χ4v) is 4.34. The lowest BCUT2D eigenvalue weighted by Crippen LogP contribution is -2.10. The van der Waals surface area contributed by atoms with Crippen molar-refractivity contribution in [1.82, 2.24) is 14.4 Å². The third-order valence-electron chi connectivity index (χ3n) is 3.68. The first-order chi connectivity index (χ1) is 12.1. The first kappa shape index (κ1) is 15.7. The fraction of sp³-hybridized carbons (Fsp3) is 0.0625. The van der Waals surface area contributed by atoms with Crippen LogP contribution in [-0.2, 0) is 5.75 Å². The molecule has 0 bridgehead atoms. The van der Waals surface area contributed by atoms with Crippen LogP contribution in [0.1, 0.15) is 5.69 Å². The summed E-state index contributed by atoms with van der Waals surface area (Å²) in [6.45, 7) is 0. The Kier molecular flexibility index (Phi) is 3.94. The summed E-state index contributed by atoms with van der Waals surface area (Å²) < 4.78 is 1.94. The van der Waals surface area contributed by atoms with E-state index in [9.17, 15) is 14.9 Å². The van der Waals surface area contributed by atoms with Gasteiger partial charge in [-0.05, 0) is 18.2 Å². The van der Waals surface area contributed by atoms with Crippen molar-refractivity contribution in [2.75, 3.05) is 0 Å². The molecule has 0 aliphatic carbocycles. The molecule has 0 N–H and O–H groups in total. The van der Waals surface area contributed by atoms with E-state index in [-0.39, 0.29) is 11.2 Å². The van der Waals surface area contributed by atoms with Gasteiger partial charge in [-0.25, -0.2) is 0 Å². The Balaban J connectivity index is 1.69. The molecule has 124 valence electrons. The highest BCUT2D eigenvalue weighted by Crippen LogP contribution is 2.28. The van der Waals surface area contributed by atoms with Gasteiger partial charge in [-0.15, -0.1) is 23.1 Å². The Hall–Kier alpha value is -2.78. The average Bonchev–Trinajstić information content (AvgIpc) is 3.03. The molecule has 0 unspecified atom stereocenters. The lowest BCUT2D eigenvalue weighted by Gasteiger charge is -2.05. The summed E-state index contributed by atoms with van der Waals surface area (Å²) in [7, 11) is 0. The number of thioether (sulfide) groups is 1. The quantitative estimate of drug-likeness (QED) is 0.310. The Morgan fingerprint density at radius 2 is 2.04 bits per heavy atom. The van der Waals surface area contributed by atoms with Crippen LogP contribution < -0.4 is 5.56 Å². The fourth-order valence-electron chi connectivity index (χ4n) is 2.50. The average molecular weight is 370 g/mol. The SMILES string of the molecule is O=c1nc2scc(CSc3ccc([N+](=O)[O-])cc3)n2c2cnccc12. The van der Waals surface area contributed by atoms with E-state index in [2.05, 4.69) is 9.97 Å². The van der Waals surface area contributed by atoms with Crippen LogP contribution in [0.4, 0.5) is 5.69 Å². The van der Waals surface area contributed by atoms with E-state index in [1.807, 2.05) is 9.78 Å². The lowest BCUT2D eigenvalue weighted by atomic mass is 10.3. The van der Waals surface area contributed by atoms with Crippen molar-refractivity contribution in [2.24, 2.45) is 0 Å². The minimum Gasteiger partial charge on any atom is -0.286 e. The number of fused-ring (bicyclic) bond motifs is 3. The predicted molar refractivity (Wildman–Crippen MR) is 97.3 cm³/mol. The molecule has 25 heavy (non-hydrogen) atoms. The highest BCUT2D eigenvalue weighted by Gasteiger charge is 2.11. The third kappa shape index (κ3) is 2.87. The monoisotopic (exact) mass is 370 g/mol. The minimum atomic E-state index is -0.415. The summed E-state index contributed by atoms with van der Waals surface area (Å²) in [6, 6.07) is 8.12. The lowest BCUT2D eigenvalue weighted by molar-refractivity contribution is -0.384. The van der Waals surface area contributed by atoms with Gasteiger partial charge in [0.1, 0.15) is 0 Å². The number of nitrogens with zero attached hydrogens (tertiary/aromatic N) is 4. The molecule has 0 saturated heterocycles. The molecule has 0 amide bonds. The Bertz CT molecular complexity index is 1150. The van der Waals surface area contributed by atoms with Gasteiger partial charge < -0.3 is 0 Å². The number of benzene rings is 1. The normalized spacial score (nSPS) is 11.2. The van der Waals surface area contributed by atoms with E-state index in [4.69, 9.17) is 0 Å².